The summed E-state index contributed by atoms with van der Waals surface area (Å²) in [5.41, 5.74) is 6.80. The lowest BCUT2D eigenvalue weighted by Gasteiger charge is -2.18. The van der Waals surface area contributed by atoms with Crippen LogP contribution < -0.4 is 5.73 Å². The van der Waals surface area contributed by atoms with E-state index in [0.29, 0.717) is 0 Å². The summed E-state index contributed by atoms with van der Waals surface area (Å²) >= 11 is 0. The molecule has 4 N–H and O–H groups in total. The lowest BCUT2D eigenvalue weighted by molar-refractivity contribution is 0.0679. The van der Waals surface area contributed by atoms with Crippen molar-refractivity contribution >= 4 is 5.84 Å². The number of aliphatic hydroxyl groups is 1. The highest BCUT2D eigenvalue weighted by molar-refractivity contribution is 5.94. The zero-order valence-electron chi connectivity index (χ0n) is 10.1. The number of hydrogen-bond donors (Lipinski definition) is 3. The number of nitrogens with two attached hydrogens (primary N) is 1. The molecule has 0 amide bonds. The van der Waals surface area contributed by atoms with Crippen molar-refractivity contribution in [3.05, 3.63) is 35.4 Å². The van der Waals surface area contributed by atoms with E-state index in [-0.39, 0.29) is 5.84 Å². The van der Waals surface area contributed by atoms with Crippen molar-refractivity contribution in [3.63, 3.8) is 0 Å². The highest BCUT2D eigenvalue weighted by Crippen LogP contribution is 2.22. The number of amidine groups is 1. The molecule has 2 rings (SSSR count). The molecule has 1 aromatic carbocycles. The van der Waals surface area contributed by atoms with Crippen molar-refractivity contribution in [2.75, 3.05) is 13.1 Å². The molecule has 1 unspecified atom stereocenters. The van der Waals surface area contributed by atoms with E-state index in [1.807, 2.05) is 31.2 Å². The molecule has 92 valence electrons. The third-order valence-electron chi connectivity index (χ3n) is 3.20. The van der Waals surface area contributed by atoms with Gasteiger partial charge in [-0.2, -0.15) is 0 Å². The van der Waals surface area contributed by atoms with Crippen LogP contribution in [-0.2, 0) is 6.54 Å². The van der Waals surface area contributed by atoms with Gasteiger partial charge in [-0.1, -0.05) is 24.3 Å². The Hall–Kier alpha value is -1.39. The van der Waals surface area contributed by atoms with Crippen molar-refractivity contribution < 1.29 is 5.11 Å². The smallest absolute Gasteiger partial charge is 0.122 e. The van der Waals surface area contributed by atoms with Crippen LogP contribution in [0.5, 0.6) is 0 Å². The largest absolute Gasteiger partial charge is 0.389 e. The van der Waals surface area contributed by atoms with E-state index in [1.54, 1.807) is 0 Å². The van der Waals surface area contributed by atoms with E-state index in [9.17, 15) is 5.11 Å². The molecule has 1 aliphatic rings. The molecule has 1 aromatic rings. The molecule has 1 atom stereocenters. The quantitative estimate of drug-likeness (QED) is 0.537. The van der Waals surface area contributed by atoms with Gasteiger partial charge in [0.1, 0.15) is 5.84 Å². The minimum absolute atomic E-state index is 0.0978. The Balaban J connectivity index is 1.98. The van der Waals surface area contributed by atoms with Crippen molar-refractivity contribution in [3.8, 4) is 0 Å². The number of benzene rings is 1. The number of rotatable bonds is 3. The van der Waals surface area contributed by atoms with Crippen LogP contribution in [0, 0.1) is 5.41 Å². The van der Waals surface area contributed by atoms with Crippen molar-refractivity contribution in [2.24, 2.45) is 5.73 Å². The van der Waals surface area contributed by atoms with Gasteiger partial charge in [-0.05, 0) is 18.9 Å². The van der Waals surface area contributed by atoms with Gasteiger partial charge in [0.2, 0.25) is 0 Å². The van der Waals surface area contributed by atoms with Crippen LogP contribution in [0.1, 0.15) is 24.5 Å². The molecule has 0 spiro atoms. The topological polar surface area (TPSA) is 73.3 Å². The van der Waals surface area contributed by atoms with E-state index < -0.39 is 5.60 Å². The second-order valence-electron chi connectivity index (χ2n) is 5.07. The summed E-state index contributed by atoms with van der Waals surface area (Å²) in [5, 5.41) is 17.2. The molecular formula is C13H19N3O. The highest BCUT2D eigenvalue weighted by Gasteiger charge is 2.30. The first kappa shape index (κ1) is 12.1. The summed E-state index contributed by atoms with van der Waals surface area (Å²) in [6.07, 6.45) is 0.832. The fraction of sp³-hybridized carbons (Fsp3) is 0.462. The van der Waals surface area contributed by atoms with Crippen LogP contribution in [0.25, 0.3) is 0 Å². The van der Waals surface area contributed by atoms with E-state index in [2.05, 4.69) is 4.90 Å². The second kappa shape index (κ2) is 4.47. The number of nitrogens with zero attached hydrogens (tertiary/aromatic N) is 1. The predicted molar refractivity (Wildman–Crippen MR) is 68.0 cm³/mol. The SMILES string of the molecule is CC1(O)CCN(Cc2ccc(C(=N)N)cc2)C1. The van der Waals surface area contributed by atoms with Gasteiger partial charge in [-0.15, -0.1) is 0 Å². The first-order valence-electron chi connectivity index (χ1n) is 5.84. The van der Waals surface area contributed by atoms with Gasteiger partial charge in [0, 0.05) is 25.2 Å². The highest BCUT2D eigenvalue weighted by atomic mass is 16.3. The number of likely N-dealkylation sites (tertiary alicyclic amines) is 1. The molecule has 0 bridgehead atoms. The Kier molecular flexibility index (Phi) is 3.17. The van der Waals surface area contributed by atoms with E-state index in [4.69, 9.17) is 11.1 Å². The van der Waals surface area contributed by atoms with Crippen molar-refractivity contribution in [1.29, 1.82) is 5.41 Å². The summed E-state index contributed by atoms with van der Waals surface area (Å²) < 4.78 is 0. The minimum atomic E-state index is -0.542. The molecule has 0 radical (unpaired) electrons. The van der Waals surface area contributed by atoms with E-state index in [0.717, 1.165) is 31.6 Å². The molecule has 1 aliphatic heterocycles. The van der Waals surface area contributed by atoms with Crippen LogP contribution in [0.2, 0.25) is 0 Å². The molecular weight excluding hydrogens is 214 g/mol. The lowest BCUT2D eigenvalue weighted by atomic mass is 10.1. The fourth-order valence-corrected chi connectivity index (χ4v) is 2.22. The Morgan fingerprint density at radius 2 is 2.12 bits per heavy atom. The zero-order valence-corrected chi connectivity index (χ0v) is 10.1. The monoisotopic (exact) mass is 233 g/mol. The van der Waals surface area contributed by atoms with Crippen molar-refractivity contribution in [2.45, 2.75) is 25.5 Å². The lowest BCUT2D eigenvalue weighted by Crippen LogP contribution is -2.29. The molecule has 4 nitrogen and oxygen atoms in total. The standard InChI is InChI=1S/C13H19N3O/c1-13(17)6-7-16(9-13)8-10-2-4-11(5-3-10)12(14)15/h2-5,17H,6-9H2,1H3,(H3,14,15). The number of β-amino-alcohol motifs (C(OH)–C–C–N with tert-alkyl or cyclic N) is 1. The Morgan fingerprint density at radius 3 is 2.59 bits per heavy atom. The normalized spacial score (nSPS) is 25.1. The average Bonchev–Trinajstić information content (AvgIpc) is 2.59. The molecule has 0 saturated carbocycles. The molecule has 4 heteroatoms. The van der Waals surface area contributed by atoms with Gasteiger partial charge in [-0.3, -0.25) is 10.3 Å². The maximum absolute atomic E-state index is 9.87. The zero-order chi connectivity index (χ0) is 12.5. The van der Waals surface area contributed by atoms with Gasteiger partial charge in [0.25, 0.3) is 0 Å². The van der Waals surface area contributed by atoms with Gasteiger partial charge >= 0.3 is 0 Å². The molecule has 1 fully saturated rings. The summed E-state index contributed by atoms with van der Waals surface area (Å²) in [6, 6.07) is 7.71. The summed E-state index contributed by atoms with van der Waals surface area (Å²) in [4.78, 5) is 2.24. The van der Waals surface area contributed by atoms with E-state index >= 15 is 0 Å². The van der Waals surface area contributed by atoms with E-state index in [1.165, 1.54) is 5.56 Å². The molecule has 1 saturated heterocycles. The molecule has 0 aromatic heterocycles. The molecule has 1 heterocycles. The maximum Gasteiger partial charge on any atom is 0.122 e. The Labute approximate surface area is 102 Å². The second-order valence-corrected chi connectivity index (χ2v) is 5.07. The van der Waals surface area contributed by atoms with Crippen LogP contribution in [0.4, 0.5) is 0 Å². The third kappa shape index (κ3) is 3.05. The number of hydrogen-bond acceptors (Lipinski definition) is 3. The van der Waals surface area contributed by atoms with Crippen LogP contribution in [0.15, 0.2) is 24.3 Å². The third-order valence-corrected chi connectivity index (χ3v) is 3.20. The number of nitrogen functional groups attached to an aromatic ring is 1. The van der Waals surface area contributed by atoms with Crippen LogP contribution in [0.3, 0.4) is 0 Å². The summed E-state index contributed by atoms with van der Waals surface area (Å²) in [5.74, 6) is 0.0978. The summed E-state index contributed by atoms with van der Waals surface area (Å²) in [6.45, 7) is 4.38. The first-order valence-corrected chi connectivity index (χ1v) is 5.84. The fourth-order valence-electron chi connectivity index (χ4n) is 2.22. The first-order chi connectivity index (χ1) is 7.96. The van der Waals surface area contributed by atoms with Gasteiger partial charge in [0.15, 0.2) is 0 Å². The Bertz CT molecular complexity index is 411. The van der Waals surface area contributed by atoms with Gasteiger partial charge < -0.3 is 10.8 Å². The van der Waals surface area contributed by atoms with Gasteiger partial charge in [-0.25, -0.2) is 0 Å². The maximum atomic E-state index is 9.87. The van der Waals surface area contributed by atoms with Crippen LogP contribution in [-0.4, -0.2) is 34.5 Å². The van der Waals surface area contributed by atoms with Crippen molar-refractivity contribution in [1.82, 2.24) is 4.90 Å². The van der Waals surface area contributed by atoms with Gasteiger partial charge in [0.05, 0.1) is 5.60 Å². The average molecular weight is 233 g/mol. The minimum Gasteiger partial charge on any atom is -0.389 e. The molecule has 0 aliphatic carbocycles. The number of nitrogens with one attached hydrogen (secondary N) is 1. The predicted octanol–water partition coefficient (Wildman–Crippen LogP) is 0.927. The summed E-state index contributed by atoms with van der Waals surface area (Å²) in [7, 11) is 0. The molecule has 17 heavy (non-hydrogen) atoms. The van der Waals surface area contributed by atoms with Crippen LogP contribution >= 0.6 is 0 Å². The Morgan fingerprint density at radius 1 is 1.47 bits per heavy atom.